The Bertz CT molecular complexity index is 598. The van der Waals surface area contributed by atoms with Gasteiger partial charge in [0.05, 0.1) is 11.4 Å². The predicted octanol–water partition coefficient (Wildman–Crippen LogP) is 0.932. The average molecular weight is 302 g/mol. The van der Waals surface area contributed by atoms with Crippen molar-refractivity contribution >= 4 is 23.2 Å². The topological polar surface area (TPSA) is 87.5 Å². The van der Waals surface area contributed by atoms with E-state index in [0.29, 0.717) is 36.7 Å². The minimum atomic E-state index is -0.133. The van der Waals surface area contributed by atoms with Crippen molar-refractivity contribution in [1.29, 1.82) is 0 Å². The van der Waals surface area contributed by atoms with Gasteiger partial charge in [0.2, 0.25) is 5.91 Å². The van der Waals surface area contributed by atoms with Crippen molar-refractivity contribution in [3.63, 3.8) is 0 Å². The summed E-state index contributed by atoms with van der Waals surface area (Å²) in [6.45, 7) is 1.13. The molecule has 3 rings (SSSR count). The van der Waals surface area contributed by atoms with E-state index in [-0.39, 0.29) is 17.9 Å². The number of fused-ring (bicyclic) bond motifs is 1. The molecule has 0 bridgehead atoms. The van der Waals surface area contributed by atoms with Gasteiger partial charge >= 0.3 is 0 Å². The molecule has 6 heteroatoms. The number of carbonyl (C=O) groups is 2. The Hall–Kier alpha value is -2.08. The van der Waals surface area contributed by atoms with Crippen LogP contribution >= 0.6 is 0 Å². The first-order chi connectivity index (χ1) is 10.6. The van der Waals surface area contributed by atoms with Gasteiger partial charge in [-0.2, -0.15) is 0 Å². The molecule has 1 aliphatic heterocycles. The molecular weight excluding hydrogens is 280 g/mol. The van der Waals surface area contributed by atoms with Crippen molar-refractivity contribution in [2.75, 3.05) is 30.4 Å². The number of nitrogens with one attached hydrogen (secondary N) is 2. The van der Waals surface area contributed by atoms with E-state index in [0.717, 1.165) is 18.5 Å². The van der Waals surface area contributed by atoms with Crippen LogP contribution in [0.4, 0.5) is 11.4 Å². The third-order valence-corrected chi connectivity index (χ3v) is 4.38. The zero-order valence-corrected chi connectivity index (χ0v) is 12.8. The first-order valence-electron chi connectivity index (χ1n) is 7.74. The molecule has 6 nitrogen and oxygen atoms in total. The summed E-state index contributed by atoms with van der Waals surface area (Å²) >= 11 is 0. The van der Waals surface area contributed by atoms with Crippen molar-refractivity contribution in [2.45, 2.75) is 25.3 Å². The number of anilines is 2. The van der Waals surface area contributed by atoms with Gasteiger partial charge in [0.1, 0.15) is 0 Å². The molecule has 1 heterocycles. The fourth-order valence-electron chi connectivity index (χ4n) is 2.83. The molecule has 1 aromatic carbocycles. The minimum Gasteiger partial charge on any atom is -0.372 e. The van der Waals surface area contributed by atoms with Crippen LogP contribution in [0.15, 0.2) is 18.2 Å². The summed E-state index contributed by atoms with van der Waals surface area (Å²) in [6.07, 6.45) is 2.71. The Morgan fingerprint density at radius 1 is 1.50 bits per heavy atom. The third kappa shape index (κ3) is 3.06. The number of rotatable bonds is 4. The van der Waals surface area contributed by atoms with E-state index in [1.807, 2.05) is 18.0 Å². The zero-order valence-electron chi connectivity index (χ0n) is 12.8. The Morgan fingerprint density at radius 2 is 2.27 bits per heavy atom. The second-order valence-corrected chi connectivity index (χ2v) is 6.10. The number of benzene rings is 1. The Morgan fingerprint density at radius 3 is 2.95 bits per heavy atom. The highest BCUT2D eigenvalue weighted by molar-refractivity contribution is 6.01. The lowest BCUT2D eigenvalue weighted by Gasteiger charge is -2.20. The van der Waals surface area contributed by atoms with E-state index in [1.54, 1.807) is 12.1 Å². The lowest BCUT2D eigenvalue weighted by atomic mass is 10.1. The molecule has 1 unspecified atom stereocenters. The Kier molecular flexibility index (Phi) is 4.02. The molecule has 4 N–H and O–H groups in total. The summed E-state index contributed by atoms with van der Waals surface area (Å²) in [4.78, 5) is 26.1. The Balaban J connectivity index is 1.79. The first kappa shape index (κ1) is 14.8. The van der Waals surface area contributed by atoms with Crippen molar-refractivity contribution in [1.82, 2.24) is 5.32 Å². The second-order valence-electron chi connectivity index (χ2n) is 6.10. The van der Waals surface area contributed by atoms with E-state index in [9.17, 15) is 9.59 Å². The van der Waals surface area contributed by atoms with Gasteiger partial charge in [-0.3, -0.25) is 9.59 Å². The molecule has 0 spiro atoms. The molecule has 2 aliphatic rings. The highest BCUT2D eigenvalue weighted by Gasteiger charge is 2.31. The molecule has 22 heavy (non-hydrogen) atoms. The van der Waals surface area contributed by atoms with Crippen molar-refractivity contribution in [3.8, 4) is 0 Å². The van der Waals surface area contributed by atoms with Crippen molar-refractivity contribution < 1.29 is 9.59 Å². The van der Waals surface area contributed by atoms with Crippen LogP contribution in [0, 0.1) is 5.92 Å². The standard InChI is InChI=1S/C16H22N4O2/c1-20-7-6-15(21)18-12-8-11(4-5-14(12)20)16(22)19-13(9-17)10-2-3-10/h4-5,8,10,13H,2-3,6-7,9,17H2,1H3,(H,18,21)(H,19,22). The van der Waals surface area contributed by atoms with Gasteiger partial charge in [0.25, 0.3) is 5.91 Å². The fourth-order valence-corrected chi connectivity index (χ4v) is 2.83. The van der Waals surface area contributed by atoms with Crippen LogP contribution in [-0.4, -0.2) is 38.0 Å². The van der Waals surface area contributed by atoms with Crippen LogP contribution in [0.25, 0.3) is 0 Å². The quantitative estimate of drug-likeness (QED) is 0.772. The van der Waals surface area contributed by atoms with Crippen LogP contribution < -0.4 is 21.3 Å². The van der Waals surface area contributed by atoms with E-state index < -0.39 is 0 Å². The van der Waals surface area contributed by atoms with E-state index >= 15 is 0 Å². The Labute approximate surface area is 130 Å². The summed E-state index contributed by atoms with van der Waals surface area (Å²) in [5.74, 6) is 0.355. The molecule has 118 valence electrons. The van der Waals surface area contributed by atoms with Gasteiger partial charge in [-0.25, -0.2) is 0 Å². The largest absolute Gasteiger partial charge is 0.372 e. The van der Waals surface area contributed by atoms with E-state index in [4.69, 9.17) is 5.73 Å². The molecule has 1 atom stereocenters. The van der Waals surface area contributed by atoms with Crippen LogP contribution in [-0.2, 0) is 4.79 Å². The highest BCUT2D eigenvalue weighted by Crippen LogP contribution is 2.33. The van der Waals surface area contributed by atoms with Gasteiger partial charge in [-0.15, -0.1) is 0 Å². The molecule has 1 fully saturated rings. The van der Waals surface area contributed by atoms with Crippen LogP contribution in [0.3, 0.4) is 0 Å². The van der Waals surface area contributed by atoms with Gasteiger partial charge in [-0.1, -0.05) is 0 Å². The van der Waals surface area contributed by atoms with Crippen molar-refractivity contribution in [3.05, 3.63) is 23.8 Å². The van der Waals surface area contributed by atoms with Gasteiger partial charge in [0.15, 0.2) is 0 Å². The number of hydrogen-bond donors (Lipinski definition) is 3. The zero-order chi connectivity index (χ0) is 15.7. The van der Waals surface area contributed by atoms with Gasteiger partial charge in [0, 0.05) is 38.2 Å². The normalized spacial score (nSPS) is 19.0. The number of hydrogen-bond acceptors (Lipinski definition) is 4. The number of nitrogens with zero attached hydrogens (tertiary/aromatic N) is 1. The number of carbonyl (C=O) groups excluding carboxylic acids is 2. The fraction of sp³-hybridized carbons (Fsp3) is 0.500. The van der Waals surface area contributed by atoms with Crippen LogP contribution in [0.2, 0.25) is 0 Å². The molecule has 1 aliphatic carbocycles. The summed E-state index contributed by atoms with van der Waals surface area (Å²) in [7, 11) is 1.94. The summed E-state index contributed by atoms with van der Waals surface area (Å²) < 4.78 is 0. The van der Waals surface area contributed by atoms with Crippen LogP contribution in [0.1, 0.15) is 29.6 Å². The SMILES string of the molecule is CN1CCC(=O)Nc2cc(C(=O)NC(CN)C3CC3)ccc21. The van der Waals surface area contributed by atoms with Gasteiger partial charge < -0.3 is 21.3 Å². The minimum absolute atomic E-state index is 0.0269. The highest BCUT2D eigenvalue weighted by atomic mass is 16.2. The lowest BCUT2D eigenvalue weighted by molar-refractivity contribution is -0.115. The van der Waals surface area contributed by atoms with E-state index in [1.165, 1.54) is 0 Å². The molecule has 2 amide bonds. The van der Waals surface area contributed by atoms with Crippen LogP contribution in [0.5, 0.6) is 0 Å². The summed E-state index contributed by atoms with van der Waals surface area (Å²) in [5.41, 5.74) is 7.90. The molecule has 1 aromatic rings. The maximum Gasteiger partial charge on any atom is 0.251 e. The maximum atomic E-state index is 12.4. The molecule has 0 saturated heterocycles. The van der Waals surface area contributed by atoms with E-state index in [2.05, 4.69) is 10.6 Å². The molecular formula is C16H22N4O2. The van der Waals surface area contributed by atoms with Crippen molar-refractivity contribution in [2.24, 2.45) is 11.7 Å². The lowest BCUT2D eigenvalue weighted by Crippen LogP contribution is -2.41. The summed E-state index contributed by atoms with van der Waals surface area (Å²) in [6, 6.07) is 5.46. The second kappa shape index (κ2) is 5.96. The number of amides is 2. The molecule has 0 radical (unpaired) electrons. The third-order valence-electron chi connectivity index (χ3n) is 4.38. The van der Waals surface area contributed by atoms with Gasteiger partial charge in [-0.05, 0) is 37.0 Å². The molecule has 0 aromatic heterocycles. The predicted molar refractivity (Wildman–Crippen MR) is 86.0 cm³/mol. The smallest absolute Gasteiger partial charge is 0.251 e. The molecule has 1 saturated carbocycles. The first-order valence-corrected chi connectivity index (χ1v) is 7.74. The number of nitrogens with two attached hydrogens (primary N) is 1. The summed E-state index contributed by atoms with van der Waals surface area (Å²) in [5, 5.41) is 5.86. The average Bonchev–Trinajstić information content (AvgIpc) is 3.34. The maximum absolute atomic E-state index is 12.4. The monoisotopic (exact) mass is 302 g/mol.